The first-order valence-corrected chi connectivity index (χ1v) is 14.6. The Kier molecular flexibility index (Phi) is 8.40. The molecule has 6 rings (SSSR count). The van der Waals surface area contributed by atoms with Crippen LogP contribution in [-0.4, -0.2) is 79.5 Å². The highest BCUT2D eigenvalue weighted by molar-refractivity contribution is 9.10. The van der Waals surface area contributed by atoms with E-state index in [2.05, 4.69) is 37.5 Å². The summed E-state index contributed by atoms with van der Waals surface area (Å²) in [6, 6.07) is 14.3. The number of rotatable bonds is 9. The molecular weight excluding hydrogens is 590 g/mol. The van der Waals surface area contributed by atoms with E-state index >= 15 is 0 Å². The molecule has 4 aromatic rings. The number of hydrogen-bond acceptors (Lipinski definition) is 10. The summed E-state index contributed by atoms with van der Waals surface area (Å²) in [6.07, 6.45) is 1.81. The molecule has 0 radical (unpaired) electrons. The molecule has 0 spiro atoms. The number of halogens is 1. The zero-order valence-electron chi connectivity index (χ0n) is 23.2. The van der Waals surface area contributed by atoms with Crippen molar-refractivity contribution < 1.29 is 18.9 Å². The zero-order valence-corrected chi connectivity index (χ0v) is 24.8. The fraction of sp³-hybridized carbons (Fsp3) is 0.414. The van der Waals surface area contributed by atoms with Crippen molar-refractivity contribution in [3.8, 4) is 11.5 Å². The van der Waals surface area contributed by atoms with E-state index in [1.807, 2.05) is 41.1 Å². The molecule has 0 atom stereocenters. The van der Waals surface area contributed by atoms with Crippen LogP contribution in [0, 0.1) is 0 Å². The van der Waals surface area contributed by atoms with Crippen molar-refractivity contribution in [3.63, 3.8) is 0 Å². The van der Waals surface area contributed by atoms with Gasteiger partial charge in [0.15, 0.2) is 5.65 Å². The van der Waals surface area contributed by atoms with Gasteiger partial charge in [0, 0.05) is 44.1 Å². The summed E-state index contributed by atoms with van der Waals surface area (Å²) in [5.41, 5.74) is 3.66. The Morgan fingerprint density at radius 2 is 1.71 bits per heavy atom. The van der Waals surface area contributed by atoms with Gasteiger partial charge in [0.2, 0.25) is 5.95 Å². The van der Waals surface area contributed by atoms with Crippen LogP contribution in [-0.2, 0) is 16.0 Å². The highest BCUT2D eigenvalue weighted by Gasteiger charge is 2.22. The molecule has 0 saturated carbocycles. The van der Waals surface area contributed by atoms with Gasteiger partial charge in [0.1, 0.15) is 21.9 Å². The summed E-state index contributed by atoms with van der Waals surface area (Å²) in [6.45, 7) is 5.13. The maximum Gasteiger partial charge on any atom is 0.231 e. The van der Waals surface area contributed by atoms with Crippen LogP contribution in [0.15, 0.2) is 47.1 Å². The van der Waals surface area contributed by atoms with Crippen molar-refractivity contribution in [2.45, 2.75) is 25.4 Å². The largest absolute Gasteiger partial charge is 0.497 e. The van der Waals surface area contributed by atoms with Crippen molar-refractivity contribution in [1.29, 1.82) is 0 Å². The topological polar surface area (TPSA) is 108 Å². The molecule has 2 fully saturated rings. The Bertz CT molecular complexity index is 1490. The smallest absolute Gasteiger partial charge is 0.231 e. The molecule has 2 aliphatic rings. The normalized spacial score (nSPS) is 16.1. The third-order valence-corrected chi connectivity index (χ3v) is 7.97. The molecule has 2 aliphatic heterocycles. The van der Waals surface area contributed by atoms with Gasteiger partial charge >= 0.3 is 0 Å². The minimum absolute atomic E-state index is 0.244. The van der Waals surface area contributed by atoms with E-state index in [-0.39, 0.29) is 6.04 Å². The van der Waals surface area contributed by atoms with Crippen LogP contribution in [0.4, 0.5) is 23.1 Å². The van der Waals surface area contributed by atoms with Crippen LogP contribution >= 0.6 is 15.9 Å². The van der Waals surface area contributed by atoms with Crippen LogP contribution in [0.1, 0.15) is 18.4 Å². The van der Waals surface area contributed by atoms with Gasteiger partial charge in [0.05, 0.1) is 45.1 Å². The second-order valence-electron chi connectivity index (χ2n) is 10.0. The molecule has 12 heteroatoms. The lowest BCUT2D eigenvalue weighted by Crippen LogP contribution is -2.36. The van der Waals surface area contributed by atoms with Gasteiger partial charge in [-0.3, -0.25) is 0 Å². The second kappa shape index (κ2) is 12.5. The molecule has 2 aromatic carbocycles. The van der Waals surface area contributed by atoms with Crippen molar-refractivity contribution in [1.82, 2.24) is 19.7 Å². The number of ether oxygens (including phenoxy) is 4. The number of hydrogen-bond donors (Lipinski definition) is 2. The molecule has 4 heterocycles. The lowest BCUT2D eigenvalue weighted by molar-refractivity contribution is 0.0904. The lowest BCUT2D eigenvalue weighted by Gasteiger charge is -2.29. The first kappa shape index (κ1) is 27.6. The summed E-state index contributed by atoms with van der Waals surface area (Å²) in [4.78, 5) is 12.2. The molecule has 41 heavy (non-hydrogen) atoms. The number of anilines is 4. The first-order chi connectivity index (χ1) is 20.1. The summed E-state index contributed by atoms with van der Waals surface area (Å²) in [5.74, 6) is 2.70. The van der Waals surface area contributed by atoms with E-state index in [0.29, 0.717) is 28.5 Å². The van der Waals surface area contributed by atoms with Gasteiger partial charge in [-0.25, -0.2) is 4.68 Å². The van der Waals surface area contributed by atoms with Crippen molar-refractivity contribution in [3.05, 3.63) is 52.6 Å². The molecule has 0 aliphatic carbocycles. The number of nitrogens with zero attached hydrogens (tertiary/aromatic N) is 5. The number of benzene rings is 2. The summed E-state index contributed by atoms with van der Waals surface area (Å²) in [5, 5.41) is 12.7. The molecule has 0 bridgehead atoms. The quantitative estimate of drug-likeness (QED) is 0.269. The van der Waals surface area contributed by atoms with E-state index in [1.54, 1.807) is 14.2 Å². The van der Waals surface area contributed by atoms with Gasteiger partial charge in [-0.2, -0.15) is 15.1 Å². The van der Waals surface area contributed by atoms with Crippen molar-refractivity contribution >= 4 is 50.1 Å². The van der Waals surface area contributed by atoms with E-state index in [0.717, 1.165) is 86.3 Å². The minimum atomic E-state index is 0.244. The third kappa shape index (κ3) is 6.19. The fourth-order valence-corrected chi connectivity index (χ4v) is 5.72. The highest BCUT2D eigenvalue weighted by atomic mass is 79.9. The van der Waals surface area contributed by atoms with Crippen molar-refractivity contribution in [2.24, 2.45) is 0 Å². The Labute approximate surface area is 247 Å². The Morgan fingerprint density at radius 3 is 2.44 bits per heavy atom. The van der Waals surface area contributed by atoms with Gasteiger partial charge < -0.3 is 34.5 Å². The van der Waals surface area contributed by atoms with Gasteiger partial charge in [-0.15, -0.1) is 0 Å². The second-order valence-corrected chi connectivity index (χ2v) is 10.8. The average Bonchev–Trinajstić information content (AvgIpc) is 3.33. The number of fused-ring (bicyclic) bond motifs is 1. The van der Waals surface area contributed by atoms with E-state index in [4.69, 9.17) is 34.0 Å². The van der Waals surface area contributed by atoms with E-state index in [1.165, 1.54) is 0 Å². The number of methoxy groups -OCH3 is 2. The summed E-state index contributed by atoms with van der Waals surface area (Å²) < 4.78 is 24.8. The molecule has 2 saturated heterocycles. The maximum atomic E-state index is 5.77. The number of nitrogens with one attached hydrogen (secondary N) is 2. The van der Waals surface area contributed by atoms with Gasteiger partial charge in [0.25, 0.3) is 0 Å². The van der Waals surface area contributed by atoms with Crippen LogP contribution in [0.5, 0.6) is 11.5 Å². The molecular formula is C29H34BrN7O4. The predicted molar refractivity (Wildman–Crippen MR) is 162 cm³/mol. The van der Waals surface area contributed by atoms with Gasteiger partial charge in [-0.1, -0.05) is 12.1 Å². The SMILES string of the molecule is COc1ccc(Cn2nc(Br)c3c(NC4CCOCC4)nc(Nc4ccc(N5CCOCC5)cc4OC)nc32)cc1. The van der Waals surface area contributed by atoms with E-state index < -0.39 is 0 Å². The zero-order chi connectivity index (χ0) is 28.2. The maximum absolute atomic E-state index is 5.77. The van der Waals surface area contributed by atoms with E-state index in [9.17, 15) is 0 Å². The Hall–Kier alpha value is -3.61. The average molecular weight is 625 g/mol. The summed E-state index contributed by atoms with van der Waals surface area (Å²) >= 11 is 3.68. The Morgan fingerprint density at radius 1 is 0.951 bits per heavy atom. The standard InChI is InChI=1S/C29H34BrN7O4/c1-38-22-6-3-19(4-7-22)18-37-28-25(26(30)35-37)27(31-20-9-13-40-14-10-20)33-29(34-28)32-23-8-5-21(17-24(23)39-2)36-11-15-41-16-12-36/h3-8,17,20H,9-16,18H2,1-2H3,(H2,31,32,33,34). The molecule has 2 N–H and O–H groups in total. The molecule has 0 unspecified atom stereocenters. The minimum Gasteiger partial charge on any atom is -0.497 e. The molecule has 2 aromatic heterocycles. The van der Waals surface area contributed by atoms with Gasteiger partial charge in [-0.05, 0) is 58.6 Å². The van der Waals surface area contributed by atoms with Crippen LogP contribution in [0.3, 0.4) is 0 Å². The monoisotopic (exact) mass is 623 g/mol. The first-order valence-electron chi connectivity index (χ1n) is 13.8. The van der Waals surface area contributed by atoms with Crippen LogP contribution in [0.25, 0.3) is 11.0 Å². The lowest BCUT2D eigenvalue weighted by atomic mass is 10.1. The summed E-state index contributed by atoms with van der Waals surface area (Å²) in [7, 11) is 3.34. The fourth-order valence-electron chi connectivity index (χ4n) is 5.16. The highest BCUT2D eigenvalue weighted by Crippen LogP contribution is 2.35. The van der Waals surface area contributed by atoms with Crippen LogP contribution in [0.2, 0.25) is 0 Å². The van der Waals surface area contributed by atoms with Crippen LogP contribution < -0.4 is 25.0 Å². The number of aromatic nitrogens is 4. The van der Waals surface area contributed by atoms with Crippen molar-refractivity contribution in [2.75, 3.05) is 69.3 Å². The Balaban J connectivity index is 1.36. The molecule has 0 amide bonds. The molecule has 11 nitrogen and oxygen atoms in total. The predicted octanol–water partition coefficient (Wildman–Crippen LogP) is 4.83. The molecule has 216 valence electrons. The third-order valence-electron chi connectivity index (χ3n) is 7.41. The number of morpholine rings is 1.